The number of phenols is 1. The first-order chi connectivity index (χ1) is 12.6. The molecule has 3 unspecified atom stereocenters. The Morgan fingerprint density at radius 2 is 1.59 bits per heavy atom. The normalized spacial score (nSPS) is 27.6. The van der Waals surface area contributed by atoms with Crippen LogP contribution in [0.1, 0.15) is 42.5 Å². The van der Waals surface area contributed by atoms with E-state index in [1.807, 2.05) is 4.90 Å². The van der Waals surface area contributed by atoms with Gasteiger partial charge in [0.2, 0.25) is 5.91 Å². The predicted molar refractivity (Wildman–Crippen MR) is 105 cm³/mol. The highest BCUT2D eigenvalue weighted by Gasteiger charge is 2.40. The Labute approximate surface area is 166 Å². The van der Waals surface area contributed by atoms with E-state index in [0.717, 1.165) is 6.42 Å². The van der Waals surface area contributed by atoms with E-state index in [4.69, 9.17) is 0 Å². The van der Waals surface area contributed by atoms with Gasteiger partial charge in [0.1, 0.15) is 5.75 Å². The van der Waals surface area contributed by atoms with Crippen molar-refractivity contribution in [2.24, 2.45) is 5.92 Å². The number of rotatable bonds is 2. The summed E-state index contributed by atoms with van der Waals surface area (Å²) < 4.78 is 0. The first kappa shape index (κ1) is 20.0. The van der Waals surface area contributed by atoms with Crippen molar-refractivity contribution in [3.8, 4) is 5.75 Å². The fraction of sp³-hybridized carbons (Fsp3) is 0.600. The van der Waals surface area contributed by atoms with Crippen LogP contribution in [-0.4, -0.2) is 65.0 Å². The van der Waals surface area contributed by atoms with Gasteiger partial charge in [-0.25, -0.2) is 0 Å². The van der Waals surface area contributed by atoms with Crippen molar-refractivity contribution in [1.29, 1.82) is 0 Å². The lowest BCUT2D eigenvalue weighted by Gasteiger charge is -2.36. The third kappa shape index (κ3) is 4.22. The zero-order valence-electron chi connectivity index (χ0n) is 15.5. The molecule has 1 aromatic rings. The van der Waals surface area contributed by atoms with E-state index in [9.17, 15) is 14.7 Å². The fourth-order valence-electron chi connectivity index (χ4n) is 4.65. The Balaban J connectivity index is 0.00000210. The van der Waals surface area contributed by atoms with E-state index in [1.165, 1.54) is 37.8 Å². The predicted octanol–water partition coefficient (Wildman–Crippen LogP) is 2.02. The molecule has 1 aromatic carbocycles. The molecule has 2 saturated heterocycles. The zero-order valence-corrected chi connectivity index (χ0v) is 16.3. The van der Waals surface area contributed by atoms with Crippen molar-refractivity contribution in [1.82, 2.24) is 15.1 Å². The molecule has 0 aromatic heterocycles. The standard InChI is InChI=1S/C20H27N3O3.ClH/c24-16-7-5-14(6-8-16)19(25)22-9-11-23(12-10-22)20(26)18-13-15-3-1-2-4-17(15)21-18;/h5-8,15,17-18,21,24H,1-4,9-13H2;1H. The second-order valence-electron chi connectivity index (χ2n) is 7.77. The number of amides is 2. The molecule has 0 spiro atoms. The van der Waals surface area contributed by atoms with Crippen LogP contribution in [0.15, 0.2) is 24.3 Å². The lowest BCUT2D eigenvalue weighted by atomic mass is 9.85. The van der Waals surface area contributed by atoms with Gasteiger partial charge in [-0.2, -0.15) is 0 Å². The van der Waals surface area contributed by atoms with Crippen molar-refractivity contribution in [3.63, 3.8) is 0 Å². The SMILES string of the molecule is Cl.O=C(c1ccc(O)cc1)N1CCN(C(=O)C2CC3CCCCC3N2)CC1. The quantitative estimate of drug-likeness (QED) is 0.806. The topological polar surface area (TPSA) is 72.9 Å². The average molecular weight is 394 g/mol. The van der Waals surface area contributed by atoms with Crippen LogP contribution < -0.4 is 5.32 Å². The van der Waals surface area contributed by atoms with Gasteiger partial charge in [0.15, 0.2) is 0 Å². The minimum atomic E-state index is -0.0397. The summed E-state index contributed by atoms with van der Waals surface area (Å²) in [5.74, 6) is 0.981. The van der Waals surface area contributed by atoms with Crippen molar-refractivity contribution < 1.29 is 14.7 Å². The molecule has 0 bridgehead atoms. The summed E-state index contributed by atoms with van der Waals surface area (Å²) in [4.78, 5) is 29.1. The van der Waals surface area contributed by atoms with Gasteiger partial charge in [-0.15, -0.1) is 12.4 Å². The molecule has 2 N–H and O–H groups in total. The van der Waals surface area contributed by atoms with Gasteiger partial charge < -0.3 is 20.2 Å². The highest BCUT2D eigenvalue weighted by Crippen LogP contribution is 2.33. The van der Waals surface area contributed by atoms with E-state index in [0.29, 0.717) is 43.7 Å². The number of carbonyl (C=O) groups excluding carboxylic acids is 2. The van der Waals surface area contributed by atoms with Gasteiger partial charge in [0.25, 0.3) is 5.91 Å². The third-order valence-electron chi connectivity index (χ3n) is 6.15. The number of carbonyl (C=O) groups is 2. The van der Waals surface area contributed by atoms with E-state index in [-0.39, 0.29) is 36.0 Å². The Kier molecular flexibility index (Phi) is 6.27. The van der Waals surface area contributed by atoms with E-state index < -0.39 is 0 Å². The number of hydrogen-bond donors (Lipinski definition) is 2. The number of nitrogens with one attached hydrogen (secondary N) is 1. The number of benzene rings is 1. The van der Waals surface area contributed by atoms with Crippen LogP contribution in [0.2, 0.25) is 0 Å². The molecule has 0 radical (unpaired) electrons. The van der Waals surface area contributed by atoms with Crippen molar-refractivity contribution in [2.45, 2.75) is 44.2 Å². The zero-order chi connectivity index (χ0) is 18.1. The molecule has 3 aliphatic rings. The average Bonchev–Trinajstić information content (AvgIpc) is 3.12. The molecular formula is C20H28ClN3O3. The number of piperazine rings is 1. The maximum absolute atomic E-state index is 12.9. The second-order valence-corrected chi connectivity index (χ2v) is 7.77. The lowest BCUT2D eigenvalue weighted by molar-refractivity contribution is -0.134. The van der Waals surface area contributed by atoms with Crippen LogP contribution in [0, 0.1) is 5.92 Å². The molecule has 3 fully saturated rings. The maximum Gasteiger partial charge on any atom is 0.253 e. The highest BCUT2D eigenvalue weighted by atomic mass is 35.5. The van der Waals surface area contributed by atoms with Crippen LogP contribution in [-0.2, 0) is 4.79 Å². The molecule has 1 saturated carbocycles. The van der Waals surface area contributed by atoms with Crippen molar-refractivity contribution >= 4 is 24.2 Å². The number of nitrogens with zero attached hydrogens (tertiary/aromatic N) is 2. The van der Waals surface area contributed by atoms with Crippen LogP contribution in [0.3, 0.4) is 0 Å². The van der Waals surface area contributed by atoms with Crippen LogP contribution >= 0.6 is 12.4 Å². The number of halogens is 1. The smallest absolute Gasteiger partial charge is 0.253 e. The summed E-state index contributed by atoms with van der Waals surface area (Å²) in [6, 6.07) is 6.81. The molecule has 1 aliphatic carbocycles. The summed E-state index contributed by atoms with van der Waals surface area (Å²) in [6.45, 7) is 2.31. The molecule has 6 nitrogen and oxygen atoms in total. The summed E-state index contributed by atoms with van der Waals surface area (Å²) in [7, 11) is 0. The van der Waals surface area contributed by atoms with Crippen LogP contribution in [0.4, 0.5) is 0 Å². The highest BCUT2D eigenvalue weighted by molar-refractivity contribution is 5.94. The first-order valence-corrected chi connectivity index (χ1v) is 9.75. The maximum atomic E-state index is 12.9. The summed E-state index contributed by atoms with van der Waals surface area (Å²) >= 11 is 0. The summed E-state index contributed by atoms with van der Waals surface area (Å²) in [5.41, 5.74) is 0.573. The Morgan fingerprint density at radius 1 is 0.963 bits per heavy atom. The molecule has 2 amide bonds. The molecule has 2 heterocycles. The Morgan fingerprint density at radius 3 is 2.26 bits per heavy atom. The second kappa shape index (κ2) is 8.48. The van der Waals surface area contributed by atoms with Gasteiger partial charge >= 0.3 is 0 Å². The minimum Gasteiger partial charge on any atom is -0.508 e. The fourth-order valence-corrected chi connectivity index (χ4v) is 4.65. The summed E-state index contributed by atoms with van der Waals surface area (Å²) in [6.07, 6.45) is 5.98. The van der Waals surface area contributed by atoms with E-state index in [2.05, 4.69) is 5.32 Å². The Bertz CT molecular complexity index is 660. The molecule has 2 aliphatic heterocycles. The van der Waals surface area contributed by atoms with Gasteiger partial charge in [0.05, 0.1) is 6.04 Å². The first-order valence-electron chi connectivity index (χ1n) is 9.75. The van der Waals surface area contributed by atoms with E-state index >= 15 is 0 Å². The number of aromatic hydroxyl groups is 1. The monoisotopic (exact) mass is 393 g/mol. The summed E-state index contributed by atoms with van der Waals surface area (Å²) in [5, 5.41) is 12.9. The number of fused-ring (bicyclic) bond motifs is 1. The largest absolute Gasteiger partial charge is 0.508 e. The van der Waals surface area contributed by atoms with Crippen molar-refractivity contribution in [3.05, 3.63) is 29.8 Å². The van der Waals surface area contributed by atoms with Gasteiger partial charge in [-0.3, -0.25) is 9.59 Å². The van der Waals surface area contributed by atoms with Crippen molar-refractivity contribution in [2.75, 3.05) is 26.2 Å². The van der Waals surface area contributed by atoms with Crippen LogP contribution in [0.5, 0.6) is 5.75 Å². The van der Waals surface area contributed by atoms with Gasteiger partial charge in [-0.05, 0) is 49.4 Å². The van der Waals surface area contributed by atoms with Gasteiger partial charge in [0, 0.05) is 37.8 Å². The lowest BCUT2D eigenvalue weighted by Crippen LogP contribution is -2.54. The number of phenolic OH excluding ortho intramolecular Hbond substituents is 1. The molecule has 3 atom stereocenters. The minimum absolute atomic E-state index is 0. The molecule has 27 heavy (non-hydrogen) atoms. The number of hydrogen-bond acceptors (Lipinski definition) is 4. The van der Waals surface area contributed by atoms with Crippen LogP contribution in [0.25, 0.3) is 0 Å². The molecule has 4 rings (SSSR count). The molecule has 7 heteroatoms. The third-order valence-corrected chi connectivity index (χ3v) is 6.15. The molecule has 148 valence electrons. The Hall–Kier alpha value is -1.79. The van der Waals surface area contributed by atoms with Gasteiger partial charge in [-0.1, -0.05) is 12.8 Å². The molecular weight excluding hydrogens is 366 g/mol. The van der Waals surface area contributed by atoms with E-state index in [1.54, 1.807) is 17.0 Å².